The molecule has 0 bridgehead atoms. The van der Waals surface area contributed by atoms with Gasteiger partial charge in [0.25, 0.3) is 0 Å². The van der Waals surface area contributed by atoms with Gasteiger partial charge in [0, 0.05) is 24.0 Å². The van der Waals surface area contributed by atoms with Crippen LogP contribution in [0.15, 0.2) is 24.3 Å². The van der Waals surface area contributed by atoms with Gasteiger partial charge in [0.2, 0.25) is 11.8 Å². The minimum atomic E-state index is -0.499. The third-order valence-electron chi connectivity index (χ3n) is 4.63. The third kappa shape index (κ3) is 4.97. The molecule has 0 heterocycles. The number of halogens is 1. The lowest BCUT2D eigenvalue weighted by Crippen LogP contribution is -2.49. The van der Waals surface area contributed by atoms with Crippen molar-refractivity contribution in [3.8, 4) is 0 Å². The van der Waals surface area contributed by atoms with Crippen molar-refractivity contribution in [1.29, 1.82) is 0 Å². The van der Waals surface area contributed by atoms with E-state index in [9.17, 15) is 9.59 Å². The number of nitrogens with one attached hydrogen (secondary N) is 1. The van der Waals surface area contributed by atoms with E-state index in [4.69, 9.17) is 11.6 Å². The molecule has 1 atom stereocenters. The minimum Gasteiger partial charge on any atom is -0.352 e. The summed E-state index contributed by atoms with van der Waals surface area (Å²) in [6, 6.07) is 7.22. The van der Waals surface area contributed by atoms with Crippen LogP contribution in [0.5, 0.6) is 0 Å². The monoisotopic (exact) mass is 350 g/mol. The van der Waals surface area contributed by atoms with Crippen LogP contribution in [0, 0.1) is 0 Å². The highest BCUT2D eigenvalue weighted by Crippen LogP contribution is 2.21. The quantitative estimate of drug-likeness (QED) is 0.810. The molecule has 1 aromatic carbocycles. The van der Waals surface area contributed by atoms with Gasteiger partial charge in [-0.2, -0.15) is 0 Å². The van der Waals surface area contributed by atoms with Crippen LogP contribution in [0.25, 0.3) is 0 Å². The van der Waals surface area contributed by atoms with Crippen molar-refractivity contribution >= 4 is 23.4 Å². The number of nitrogens with zero attached hydrogens (tertiary/aromatic N) is 1. The lowest BCUT2D eigenvalue weighted by Gasteiger charge is -2.30. The number of rotatable bonds is 7. The van der Waals surface area contributed by atoms with Crippen LogP contribution in [-0.4, -0.2) is 28.8 Å². The predicted molar refractivity (Wildman–Crippen MR) is 96.8 cm³/mol. The second kappa shape index (κ2) is 9.07. The highest BCUT2D eigenvalue weighted by molar-refractivity contribution is 6.31. The zero-order valence-electron chi connectivity index (χ0n) is 14.6. The first-order valence-electron chi connectivity index (χ1n) is 8.86. The molecule has 1 aromatic rings. The molecular weight excluding hydrogens is 324 g/mol. The topological polar surface area (TPSA) is 49.4 Å². The van der Waals surface area contributed by atoms with E-state index in [0.29, 0.717) is 18.0 Å². The van der Waals surface area contributed by atoms with Crippen molar-refractivity contribution in [2.45, 2.75) is 71.0 Å². The summed E-state index contributed by atoms with van der Waals surface area (Å²) >= 11 is 6.23. The largest absolute Gasteiger partial charge is 0.352 e. The zero-order chi connectivity index (χ0) is 17.5. The maximum absolute atomic E-state index is 12.6. The normalized spacial score (nSPS) is 16.0. The lowest BCUT2D eigenvalue weighted by atomic mass is 10.1. The molecule has 1 aliphatic rings. The average Bonchev–Trinajstić information content (AvgIpc) is 3.06. The zero-order valence-corrected chi connectivity index (χ0v) is 15.3. The maximum atomic E-state index is 12.6. The molecule has 0 unspecified atom stereocenters. The van der Waals surface area contributed by atoms with Gasteiger partial charge in [-0.05, 0) is 37.8 Å². The van der Waals surface area contributed by atoms with E-state index in [-0.39, 0.29) is 17.9 Å². The van der Waals surface area contributed by atoms with Crippen molar-refractivity contribution in [2.75, 3.05) is 0 Å². The number of benzene rings is 1. The Morgan fingerprint density at radius 1 is 1.29 bits per heavy atom. The molecule has 0 aromatic heterocycles. The molecule has 0 aliphatic heterocycles. The highest BCUT2D eigenvalue weighted by Gasteiger charge is 2.28. The number of hydrogen-bond donors (Lipinski definition) is 1. The van der Waals surface area contributed by atoms with E-state index in [1.165, 1.54) is 0 Å². The fraction of sp³-hybridized carbons (Fsp3) is 0.579. The molecule has 4 nitrogen and oxygen atoms in total. The molecule has 1 aliphatic carbocycles. The van der Waals surface area contributed by atoms with Crippen molar-refractivity contribution in [3.05, 3.63) is 34.9 Å². The summed E-state index contributed by atoms with van der Waals surface area (Å²) < 4.78 is 0. The highest BCUT2D eigenvalue weighted by atomic mass is 35.5. The molecular formula is C19H27ClN2O2. The molecule has 1 fully saturated rings. The minimum absolute atomic E-state index is 0.00788. The van der Waals surface area contributed by atoms with Gasteiger partial charge in [-0.1, -0.05) is 49.6 Å². The Morgan fingerprint density at radius 3 is 2.58 bits per heavy atom. The van der Waals surface area contributed by atoms with Crippen molar-refractivity contribution in [3.63, 3.8) is 0 Å². The molecule has 1 N–H and O–H groups in total. The summed E-state index contributed by atoms with van der Waals surface area (Å²) in [6.45, 7) is 4.13. The van der Waals surface area contributed by atoms with Crippen LogP contribution in [0.4, 0.5) is 0 Å². The molecule has 0 radical (unpaired) electrons. The molecule has 24 heavy (non-hydrogen) atoms. The second-order valence-corrected chi connectivity index (χ2v) is 6.94. The molecule has 2 rings (SSSR count). The Labute approximate surface area is 149 Å². The molecule has 2 amide bonds. The third-order valence-corrected chi connectivity index (χ3v) is 5.00. The van der Waals surface area contributed by atoms with E-state index in [1.807, 2.05) is 31.2 Å². The van der Waals surface area contributed by atoms with E-state index < -0.39 is 6.04 Å². The van der Waals surface area contributed by atoms with E-state index in [1.54, 1.807) is 11.8 Å². The summed E-state index contributed by atoms with van der Waals surface area (Å²) in [6.07, 6.45) is 5.59. The van der Waals surface area contributed by atoms with Gasteiger partial charge in [-0.15, -0.1) is 0 Å². The average molecular weight is 351 g/mol. The summed E-state index contributed by atoms with van der Waals surface area (Å²) in [5.41, 5.74) is 0.865. The fourth-order valence-corrected chi connectivity index (χ4v) is 3.34. The van der Waals surface area contributed by atoms with E-state index in [0.717, 1.165) is 37.7 Å². The summed E-state index contributed by atoms with van der Waals surface area (Å²) in [7, 11) is 0. The number of carbonyl (C=O) groups is 2. The van der Waals surface area contributed by atoms with Crippen LogP contribution >= 0.6 is 11.6 Å². The molecule has 0 spiro atoms. The molecule has 0 saturated heterocycles. The molecule has 132 valence electrons. The summed E-state index contributed by atoms with van der Waals surface area (Å²) in [4.78, 5) is 26.8. The number of carbonyl (C=O) groups excluding carboxylic acids is 2. The second-order valence-electron chi connectivity index (χ2n) is 6.53. The first-order chi connectivity index (χ1) is 11.5. The first-order valence-corrected chi connectivity index (χ1v) is 9.24. The van der Waals surface area contributed by atoms with Gasteiger partial charge >= 0.3 is 0 Å². The Kier molecular flexibility index (Phi) is 7.10. The predicted octanol–water partition coefficient (Wildman–Crippen LogP) is 3.92. The van der Waals surface area contributed by atoms with Crippen molar-refractivity contribution in [2.24, 2.45) is 0 Å². The van der Waals surface area contributed by atoms with Crippen molar-refractivity contribution in [1.82, 2.24) is 10.2 Å². The lowest BCUT2D eigenvalue weighted by molar-refractivity contribution is -0.140. The number of hydrogen-bond acceptors (Lipinski definition) is 2. The fourth-order valence-electron chi connectivity index (χ4n) is 3.14. The van der Waals surface area contributed by atoms with Crippen LogP contribution in [0.3, 0.4) is 0 Å². The standard InChI is InChI=1S/C19H27ClN2O2/c1-3-8-18(23)22(13-15-9-4-7-12-17(15)20)14(2)19(24)21-16-10-5-6-11-16/h4,7,9,12,14,16H,3,5-6,8,10-11,13H2,1-2H3,(H,21,24)/t14-/m1/s1. The Bertz CT molecular complexity index is 570. The van der Waals surface area contributed by atoms with Gasteiger partial charge in [-0.3, -0.25) is 9.59 Å². The van der Waals surface area contributed by atoms with E-state index >= 15 is 0 Å². The van der Waals surface area contributed by atoms with E-state index in [2.05, 4.69) is 5.32 Å². The van der Waals surface area contributed by atoms with Gasteiger partial charge in [0.15, 0.2) is 0 Å². The maximum Gasteiger partial charge on any atom is 0.242 e. The Balaban J connectivity index is 2.10. The first kappa shape index (κ1) is 18.8. The van der Waals surface area contributed by atoms with Gasteiger partial charge < -0.3 is 10.2 Å². The van der Waals surface area contributed by atoms with Gasteiger partial charge in [0.1, 0.15) is 6.04 Å². The Morgan fingerprint density at radius 2 is 1.96 bits per heavy atom. The van der Waals surface area contributed by atoms with Crippen LogP contribution in [0.1, 0.15) is 57.9 Å². The van der Waals surface area contributed by atoms with Crippen LogP contribution in [0.2, 0.25) is 5.02 Å². The SMILES string of the molecule is CCCC(=O)N(Cc1ccccc1Cl)[C@H](C)C(=O)NC1CCCC1. The van der Waals surface area contributed by atoms with Crippen molar-refractivity contribution < 1.29 is 9.59 Å². The molecule has 1 saturated carbocycles. The summed E-state index contributed by atoms with van der Waals surface area (Å²) in [5, 5.41) is 3.71. The molecule has 5 heteroatoms. The Hall–Kier alpha value is -1.55. The van der Waals surface area contributed by atoms with Crippen LogP contribution < -0.4 is 5.32 Å². The summed E-state index contributed by atoms with van der Waals surface area (Å²) in [5.74, 6) is -0.0788. The number of amides is 2. The van der Waals surface area contributed by atoms with Gasteiger partial charge in [-0.25, -0.2) is 0 Å². The van der Waals surface area contributed by atoms with Gasteiger partial charge in [0.05, 0.1) is 0 Å². The smallest absolute Gasteiger partial charge is 0.242 e. The van der Waals surface area contributed by atoms with Crippen LogP contribution in [-0.2, 0) is 16.1 Å².